The van der Waals surface area contributed by atoms with Crippen molar-refractivity contribution in [3.8, 4) is 11.8 Å². The van der Waals surface area contributed by atoms with Crippen LogP contribution in [0.25, 0.3) is 0 Å². The number of amides is 1. The van der Waals surface area contributed by atoms with E-state index in [1.807, 2.05) is 73.6 Å². The molecule has 0 bridgehead atoms. The first-order chi connectivity index (χ1) is 12.3. The largest absolute Gasteiger partial charge is 0.495 e. The summed E-state index contributed by atoms with van der Waals surface area (Å²) in [5.74, 6) is 5.88. The maximum atomic E-state index is 12.1. The molecular formula is C21H30BNO4. The number of carbonyl (C=O) groups is 1. The van der Waals surface area contributed by atoms with E-state index in [-0.39, 0.29) is 12.0 Å². The fourth-order valence-electron chi connectivity index (χ4n) is 2.56. The topological polar surface area (TPSA) is 56.8 Å². The molecule has 0 spiro atoms. The van der Waals surface area contributed by atoms with Crippen LogP contribution in [0.5, 0.6) is 0 Å². The Morgan fingerprint density at radius 3 is 2.33 bits per heavy atom. The zero-order valence-corrected chi connectivity index (χ0v) is 17.6. The lowest BCUT2D eigenvalue weighted by Gasteiger charge is -2.32. The van der Waals surface area contributed by atoms with Gasteiger partial charge in [-0.3, -0.25) is 5.32 Å². The molecule has 1 aromatic rings. The third-order valence-electron chi connectivity index (χ3n) is 4.86. The molecular weight excluding hydrogens is 341 g/mol. The standard InChI is InChI=1S/C21H30BNO4/c1-15-16(22-26-20(5,6)21(7,8)27-22)11-9-12-17(15)23-18(24)25-14-10-13-19(2,3)4/h9,11-12H,14H2,1-8H3,(H,23,24). The van der Waals surface area contributed by atoms with Gasteiger partial charge >= 0.3 is 13.2 Å². The van der Waals surface area contributed by atoms with Gasteiger partial charge in [0.25, 0.3) is 0 Å². The summed E-state index contributed by atoms with van der Waals surface area (Å²) in [6.07, 6.45) is -0.535. The van der Waals surface area contributed by atoms with Crippen LogP contribution in [0.2, 0.25) is 0 Å². The highest BCUT2D eigenvalue weighted by Gasteiger charge is 2.52. The van der Waals surface area contributed by atoms with Gasteiger partial charge in [0.2, 0.25) is 0 Å². The fraction of sp³-hybridized carbons (Fsp3) is 0.571. The average molecular weight is 371 g/mol. The minimum Gasteiger partial charge on any atom is -0.436 e. The highest BCUT2D eigenvalue weighted by molar-refractivity contribution is 6.62. The smallest absolute Gasteiger partial charge is 0.436 e. The van der Waals surface area contributed by atoms with E-state index in [0.717, 1.165) is 11.0 Å². The predicted octanol–water partition coefficient (Wildman–Crippen LogP) is 3.89. The van der Waals surface area contributed by atoms with Crippen LogP contribution < -0.4 is 10.8 Å². The Hall–Kier alpha value is -1.97. The normalized spacial score (nSPS) is 17.9. The van der Waals surface area contributed by atoms with Crippen molar-refractivity contribution in [1.29, 1.82) is 0 Å². The molecule has 0 aliphatic carbocycles. The van der Waals surface area contributed by atoms with Gasteiger partial charge in [-0.2, -0.15) is 0 Å². The summed E-state index contributed by atoms with van der Waals surface area (Å²) >= 11 is 0. The molecule has 0 aromatic heterocycles. The van der Waals surface area contributed by atoms with Crippen LogP contribution in [-0.4, -0.2) is 31.0 Å². The molecule has 1 N–H and O–H groups in total. The second-order valence-corrected chi connectivity index (χ2v) is 8.86. The molecule has 0 radical (unpaired) electrons. The number of rotatable bonds is 3. The second-order valence-electron chi connectivity index (χ2n) is 8.86. The Balaban J connectivity index is 2.07. The average Bonchev–Trinajstić information content (AvgIpc) is 2.73. The van der Waals surface area contributed by atoms with Crippen molar-refractivity contribution in [2.75, 3.05) is 11.9 Å². The number of nitrogens with one attached hydrogen (secondary N) is 1. The molecule has 1 heterocycles. The molecule has 6 heteroatoms. The molecule has 1 aliphatic heterocycles. The molecule has 1 amide bonds. The van der Waals surface area contributed by atoms with Crippen molar-refractivity contribution in [2.24, 2.45) is 5.41 Å². The minimum atomic E-state index is -0.535. The molecule has 1 aliphatic rings. The fourth-order valence-corrected chi connectivity index (χ4v) is 2.56. The van der Waals surface area contributed by atoms with Crippen LogP contribution in [0.3, 0.4) is 0 Å². The van der Waals surface area contributed by atoms with Crippen molar-refractivity contribution in [3.63, 3.8) is 0 Å². The van der Waals surface area contributed by atoms with E-state index in [4.69, 9.17) is 14.0 Å². The molecule has 1 aromatic carbocycles. The van der Waals surface area contributed by atoms with E-state index in [1.165, 1.54) is 0 Å². The lowest BCUT2D eigenvalue weighted by Crippen LogP contribution is -2.41. The molecule has 5 nitrogen and oxygen atoms in total. The Morgan fingerprint density at radius 2 is 1.78 bits per heavy atom. The summed E-state index contributed by atoms with van der Waals surface area (Å²) in [6, 6.07) is 5.64. The highest BCUT2D eigenvalue weighted by atomic mass is 16.7. The molecule has 146 valence electrons. The van der Waals surface area contributed by atoms with Crippen LogP contribution >= 0.6 is 0 Å². The first-order valence-corrected chi connectivity index (χ1v) is 9.21. The summed E-state index contributed by atoms with van der Waals surface area (Å²) in [6.45, 7) is 16.1. The monoisotopic (exact) mass is 371 g/mol. The van der Waals surface area contributed by atoms with Gasteiger partial charge in [0.15, 0.2) is 6.61 Å². The van der Waals surface area contributed by atoms with Crippen molar-refractivity contribution < 1.29 is 18.8 Å². The summed E-state index contributed by atoms with van der Waals surface area (Å²) in [7, 11) is -0.481. The van der Waals surface area contributed by atoms with Gasteiger partial charge < -0.3 is 14.0 Å². The molecule has 0 saturated carbocycles. The number of carbonyl (C=O) groups excluding carboxylic acids is 1. The van der Waals surface area contributed by atoms with Crippen molar-refractivity contribution >= 4 is 24.4 Å². The van der Waals surface area contributed by atoms with Gasteiger partial charge in [0.05, 0.1) is 11.2 Å². The number of hydrogen-bond donors (Lipinski definition) is 1. The van der Waals surface area contributed by atoms with E-state index in [9.17, 15) is 4.79 Å². The van der Waals surface area contributed by atoms with Gasteiger partial charge in [0.1, 0.15) is 0 Å². The van der Waals surface area contributed by atoms with Gasteiger partial charge in [-0.05, 0) is 72.5 Å². The Kier molecular flexibility index (Phi) is 5.99. The third kappa shape index (κ3) is 5.28. The second kappa shape index (κ2) is 7.57. The van der Waals surface area contributed by atoms with Gasteiger partial charge in [-0.1, -0.05) is 24.0 Å². The molecule has 27 heavy (non-hydrogen) atoms. The maximum Gasteiger partial charge on any atom is 0.495 e. The summed E-state index contributed by atoms with van der Waals surface area (Å²) in [5.41, 5.74) is 1.48. The summed E-state index contributed by atoms with van der Waals surface area (Å²) < 4.78 is 17.4. The third-order valence-corrected chi connectivity index (χ3v) is 4.86. The van der Waals surface area contributed by atoms with E-state index < -0.39 is 24.4 Å². The molecule has 2 rings (SSSR count). The van der Waals surface area contributed by atoms with Crippen LogP contribution in [0.1, 0.15) is 54.0 Å². The number of ether oxygens (including phenoxy) is 1. The van der Waals surface area contributed by atoms with Gasteiger partial charge in [-0.25, -0.2) is 4.79 Å². The van der Waals surface area contributed by atoms with Crippen LogP contribution in [-0.2, 0) is 14.0 Å². The first-order valence-electron chi connectivity index (χ1n) is 9.21. The molecule has 1 saturated heterocycles. The molecule has 0 unspecified atom stereocenters. The quantitative estimate of drug-likeness (QED) is 0.647. The Labute approximate surface area is 163 Å². The summed E-state index contributed by atoms with van der Waals surface area (Å²) in [4.78, 5) is 12.1. The number of benzene rings is 1. The first kappa shape index (κ1) is 21.3. The van der Waals surface area contributed by atoms with E-state index in [2.05, 4.69) is 17.2 Å². The Bertz CT molecular complexity index is 753. The zero-order valence-electron chi connectivity index (χ0n) is 17.6. The Morgan fingerprint density at radius 1 is 1.19 bits per heavy atom. The lowest BCUT2D eigenvalue weighted by atomic mass is 9.76. The van der Waals surface area contributed by atoms with E-state index in [0.29, 0.717) is 5.69 Å². The van der Waals surface area contributed by atoms with Crippen molar-refractivity contribution in [1.82, 2.24) is 0 Å². The van der Waals surface area contributed by atoms with Crippen molar-refractivity contribution in [2.45, 2.75) is 66.6 Å². The molecule has 0 atom stereocenters. The number of anilines is 1. The van der Waals surface area contributed by atoms with Crippen LogP contribution in [0.4, 0.5) is 10.5 Å². The SMILES string of the molecule is Cc1c(NC(=O)OCC#CC(C)(C)C)cccc1B1OC(C)(C)C(C)(C)O1. The molecule has 1 fully saturated rings. The van der Waals surface area contributed by atoms with Gasteiger partial charge in [-0.15, -0.1) is 0 Å². The van der Waals surface area contributed by atoms with Gasteiger partial charge in [0, 0.05) is 11.1 Å². The van der Waals surface area contributed by atoms with E-state index >= 15 is 0 Å². The van der Waals surface area contributed by atoms with Crippen LogP contribution in [0.15, 0.2) is 18.2 Å². The minimum absolute atomic E-state index is 0.0546. The maximum absolute atomic E-state index is 12.1. The van der Waals surface area contributed by atoms with E-state index in [1.54, 1.807) is 0 Å². The number of hydrogen-bond acceptors (Lipinski definition) is 4. The summed E-state index contributed by atoms with van der Waals surface area (Å²) in [5, 5.41) is 2.77. The van der Waals surface area contributed by atoms with Crippen molar-refractivity contribution in [3.05, 3.63) is 23.8 Å². The highest BCUT2D eigenvalue weighted by Crippen LogP contribution is 2.37. The lowest BCUT2D eigenvalue weighted by molar-refractivity contribution is 0.00578. The zero-order chi connectivity index (χ0) is 20.5. The predicted molar refractivity (Wildman–Crippen MR) is 109 cm³/mol. The van der Waals surface area contributed by atoms with Crippen LogP contribution in [0, 0.1) is 24.2 Å².